The van der Waals surface area contributed by atoms with Crippen molar-refractivity contribution in [3.8, 4) is 0 Å². The van der Waals surface area contributed by atoms with Crippen LogP contribution in [0, 0.1) is 6.92 Å². The number of hydrogen-bond donors (Lipinski definition) is 2. The third kappa shape index (κ3) is 2.61. The predicted octanol–water partition coefficient (Wildman–Crippen LogP) is 2.32. The largest absolute Gasteiger partial charge is 0.478 e. The van der Waals surface area contributed by atoms with Crippen molar-refractivity contribution in [3.63, 3.8) is 0 Å². The standard InChI is InChI=1S/C13H16N2O3/c1-9-8-10(12(16)17)4-5-11(9)14-13(18)15-6-2-3-7-15/h4-5,8H,2-3,6-7H2,1H3,(H,14,18)(H,16,17). The zero-order valence-corrected chi connectivity index (χ0v) is 10.3. The van der Waals surface area contributed by atoms with Crippen LogP contribution in [0.4, 0.5) is 10.5 Å². The number of carboxylic acid groups (broad SMARTS) is 1. The molecule has 1 aromatic carbocycles. The van der Waals surface area contributed by atoms with Crippen molar-refractivity contribution in [3.05, 3.63) is 29.3 Å². The average molecular weight is 248 g/mol. The first-order chi connectivity index (χ1) is 8.58. The lowest BCUT2D eigenvalue weighted by Gasteiger charge is -2.17. The van der Waals surface area contributed by atoms with Crippen molar-refractivity contribution in [1.82, 2.24) is 4.90 Å². The molecule has 1 aliphatic heterocycles. The second-order valence-corrected chi connectivity index (χ2v) is 4.46. The molecule has 1 saturated heterocycles. The van der Waals surface area contributed by atoms with Gasteiger partial charge in [0.05, 0.1) is 5.56 Å². The minimum Gasteiger partial charge on any atom is -0.478 e. The topological polar surface area (TPSA) is 69.6 Å². The van der Waals surface area contributed by atoms with Crippen LogP contribution in [0.3, 0.4) is 0 Å². The lowest BCUT2D eigenvalue weighted by Crippen LogP contribution is -2.32. The van der Waals surface area contributed by atoms with E-state index in [-0.39, 0.29) is 11.6 Å². The first-order valence-electron chi connectivity index (χ1n) is 5.98. The van der Waals surface area contributed by atoms with Gasteiger partial charge in [0.15, 0.2) is 0 Å². The fraction of sp³-hybridized carbons (Fsp3) is 0.385. The molecule has 1 aromatic rings. The van der Waals surface area contributed by atoms with Crippen LogP contribution < -0.4 is 5.32 Å². The number of benzene rings is 1. The van der Waals surface area contributed by atoms with E-state index < -0.39 is 5.97 Å². The summed E-state index contributed by atoms with van der Waals surface area (Å²) in [5.41, 5.74) is 1.64. The Morgan fingerprint density at radius 1 is 1.28 bits per heavy atom. The molecule has 5 nitrogen and oxygen atoms in total. The summed E-state index contributed by atoms with van der Waals surface area (Å²) in [4.78, 5) is 24.5. The normalized spacial score (nSPS) is 14.6. The molecule has 0 radical (unpaired) electrons. The maximum atomic E-state index is 11.9. The Hall–Kier alpha value is -2.04. The number of urea groups is 1. The van der Waals surface area contributed by atoms with Gasteiger partial charge in [0.25, 0.3) is 0 Å². The van der Waals surface area contributed by atoms with E-state index in [9.17, 15) is 9.59 Å². The highest BCUT2D eigenvalue weighted by atomic mass is 16.4. The fourth-order valence-corrected chi connectivity index (χ4v) is 2.05. The monoisotopic (exact) mass is 248 g/mol. The number of hydrogen-bond acceptors (Lipinski definition) is 2. The highest BCUT2D eigenvalue weighted by Gasteiger charge is 2.18. The second kappa shape index (κ2) is 5.08. The Balaban J connectivity index is 2.09. The molecule has 0 saturated carbocycles. The summed E-state index contributed by atoms with van der Waals surface area (Å²) in [5, 5.41) is 11.7. The fourth-order valence-electron chi connectivity index (χ4n) is 2.05. The Morgan fingerprint density at radius 3 is 2.50 bits per heavy atom. The molecule has 5 heteroatoms. The molecule has 1 fully saturated rings. The molecule has 0 atom stereocenters. The van der Waals surface area contributed by atoms with Crippen molar-refractivity contribution < 1.29 is 14.7 Å². The van der Waals surface area contributed by atoms with Gasteiger partial charge in [-0.15, -0.1) is 0 Å². The van der Waals surface area contributed by atoms with Gasteiger partial charge in [-0.2, -0.15) is 0 Å². The summed E-state index contributed by atoms with van der Waals surface area (Å²) >= 11 is 0. The summed E-state index contributed by atoms with van der Waals surface area (Å²) in [6.45, 7) is 3.36. The summed E-state index contributed by atoms with van der Waals surface area (Å²) in [6, 6.07) is 4.57. The molecule has 0 aromatic heterocycles. The van der Waals surface area contributed by atoms with E-state index >= 15 is 0 Å². The number of aryl methyl sites for hydroxylation is 1. The van der Waals surface area contributed by atoms with E-state index in [4.69, 9.17) is 5.11 Å². The van der Waals surface area contributed by atoms with Crippen molar-refractivity contribution in [2.45, 2.75) is 19.8 Å². The van der Waals surface area contributed by atoms with E-state index in [0.717, 1.165) is 31.5 Å². The van der Waals surface area contributed by atoms with Crippen LogP contribution in [0.15, 0.2) is 18.2 Å². The quantitative estimate of drug-likeness (QED) is 0.843. The SMILES string of the molecule is Cc1cc(C(=O)O)ccc1NC(=O)N1CCCC1. The average Bonchev–Trinajstić information content (AvgIpc) is 2.85. The van der Waals surface area contributed by atoms with Gasteiger partial charge < -0.3 is 15.3 Å². The number of amides is 2. The van der Waals surface area contributed by atoms with Gasteiger partial charge in [-0.1, -0.05) is 0 Å². The van der Waals surface area contributed by atoms with Crippen LogP contribution in [0.5, 0.6) is 0 Å². The summed E-state index contributed by atoms with van der Waals surface area (Å²) in [6.07, 6.45) is 2.09. The molecule has 0 aliphatic carbocycles. The number of carbonyl (C=O) groups is 2. The van der Waals surface area contributed by atoms with E-state index in [0.29, 0.717) is 5.69 Å². The van der Waals surface area contributed by atoms with Gasteiger partial charge in [-0.25, -0.2) is 9.59 Å². The minimum absolute atomic E-state index is 0.112. The Bertz CT molecular complexity index is 479. The highest BCUT2D eigenvalue weighted by molar-refractivity contribution is 5.92. The predicted molar refractivity (Wildman–Crippen MR) is 68.0 cm³/mol. The molecule has 0 spiro atoms. The maximum Gasteiger partial charge on any atom is 0.335 e. The molecule has 96 valence electrons. The number of likely N-dealkylation sites (tertiary alicyclic amines) is 1. The van der Waals surface area contributed by atoms with Crippen LogP contribution in [0.25, 0.3) is 0 Å². The van der Waals surface area contributed by atoms with Crippen LogP contribution in [-0.4, -0.2) is 35.1 Å². The molecule has 18 heavy (non-hydrogen) atoms. The lowest BCUT2D eigenvalue weighted by atomic mass is 10.1. The molecule has 0 unspecified atom stereocenters. The van der Waals surface area contributed by atoms with Crippen LogP contribution >= 0.6 is 0 Å². The maximum absolute atomic E-state index is 11.9. The molecule has 0 bridgehead atoms. The summed E-state index contributed by atoms with van der Waals surface area (Å²) < 4.78 is 0. The van der Waals surface area contributed by atoms with Gasteiger partial charge in [0.1, 0.15) is 0 Å². The van der Waals surface area contributed by atoms with Crippen LogP contribution in [-0.2, 0) is 0 Å². The van der Waals surface area contributed by atoms with Crippen molar-refractivity contribution >= 4 is 17.7 Å². The van der Waals surface area contributed by atoms with Crippen molar-refractivity contribution in [1.29, 1.82) is 0 Å². The van der Waals surface area contributed by atoms with Crippen LogP contribution in [0.2, 0.25) is 0 Å². The van der Waals surface area contributed by atoms with Gasteiger partial charge in [0.2, 0.25) is 0 Å². The van der Waals surface area contributed by atoms with E-state index in [2.05, 4.69) is 5.32 Å². The third-order valence-corrected chi connectivity index (χ3v) is 3.11. The van der Waals surface area contributed by atoms with Gasteiger partial charge >= 0.3 is 12.0 Å². The van der Waals surface area contributed by atoms with E-state index in [1.54, 1.807) is 24.0 Å². The molecule has 2 N–H and O–H groups in total. The Kier molecular flexibility index (Phi) is 3.50. The number of rotatable bonds is 2. The van der Waals surface area contributed by atoms with E-state index in [1.807, 2.05) is 0 Å². The number of carbonyl (C=O) groups excluding carboxylic acids is 1. The van der Waals surface area contributed by atoms with E-state index in [1.165, 1.54) is 6.07 Å². The zero-order valence-electron chi connectivity index (χ0n) is 10.3. The molecule has 1 heterocycles. The third-order valence-electron chi connectivity index (χ3n) is 3.11. The first-order valence-corrected chi connectivity index (χ1v) is 5.98. The van der Waals surface area contributed by atoms with Crippen molar-refractivity contribution in [2.24, 2.45) is 0 Å². The number of anilines is 1. The first kappa shape index (κ1) is 12.4. The number of carboxylic acids is 1. The summed E-state index contributed by atoms with van der Waals surface area (Å²) in [5.74, 6) is -0.962. The Labute approximate surface area is 105 Å². The zero-order chi connectivity index (χ0) is 13.1. The second-order valence-electron chi connectivity index (χ2n) is 4.46. The molecule has 2 rings (SSSR count). The lowest BCUT2D eigenvalue weighted by molar-refractivity contribution is 0.0697. The summed E-state index contributed by atoms with van der Waals surface area (Å²) in [7, 11) is 0. The van der Waals surface area contributed by atoms with Crippen LogP contribution in [0.1, 0.15) is 28.8 Å². The Morgan fingerprint density at radius 2 is 1.94 bits per heavy atom. The smallest absolute Gasteiger partial charge is 0.335 e. The molecular weight excluding hydrogens is 232 g/mol. The highest BCUT2D eigenvalue weighted by Crippen LogP contribution is 2.18. The molecule has 1 aliphatic rings. The number of nitrogens with zero attached hydrogens (tertiary/aromatic N) is 1. The number of aromatic carboxylic acids is 1. The number of nitrogens with one attached hydrogen (secondary N) is 1. The van der Waals surface area contributed by atoms with Gasteiger partial charge in [0, 0.05) is 18.8 Å². The molecule has 2 amide bonds. The molecular formula is C13H16N2O3. The van der Waals surface area contributed by atoms with Crippen molar-refractivity contribution in [2.75, 3.05) is 18.4 Å². The minimum atomic E-state index is -0.962. The van der Waals surface area contributed by atoms with Gasteiger partial charge in [-0.05, 0) is 43.5 Å². The van der Waals surface area contributed by atoms with Gasteiger partial charge in [-0.3, -0.25) is 0 Å².